The Morgan fingerprint density at radius 2 is 1.42 bits per heavy atom. The van der Waals surface area contributed by atoms with E-state index in [-0.39, 0.29) is 11.8 Å². The number of hydrogen-bond acceptors (Lipinski definition) is 3. The third-order valence-electron chi connectivity index (χ3n) is 5.25. The normalized spacial score (nSPS) is 11.5. The summed E-state index contributed by atoms with van der Waals surface area (Å²) in [6, 6.07) is 11.6. The lowest BCUT2D eigenvalue weighted by Crippen LogP contribution is -2.06. The van der Waals surface area contributed by atoms with Crippen molar-refractivity contribution >= 4 is 56.9 Å². The summed E-state index contributed by atoms with van der Waals surface area (Å²) in [7, 11) is 0. The van der Waals surface area contributed by atoms with Gasteiger partial charge in [0.15, 0.2) is 0 Å². The van der Waals surface area contributed by atoms with Crippen LogP contribution in [0.2, 0.25) is 10.0 Å². The van der Waals surface area contributed by atoms with E-state index >= 15 is 0 Å². The Balaban J connectivity index is 1.73. The molecule has 154 valence electrons. The molecule has 0 aliphatic rings. The third-order valence-corrected chi connectivity index (χ3v) is 5.66. The van der Waals surface area contributed by atoms with E-state index in [4.69, 9.17) is 23.2 Å². The molecule has 0 bridgehead atoms. The molecule has 4 heterocycles. The number of halogens is 2. The van der Waals surface area contributed by atoms with Gasteiger partial charge in [0.2, 0.25) is 5.91 Å². The van der Waals surface area contributed by atoms with Gasteiger partial charge in [-0.25, -0.2) is 9.97 Å². The number of aromatic nitrogens is 4. The van der Waals surface area contributed by atoms with Crippen molar-refractivity contribution in [3.05, 3.63) is 87.9 Å². The average molecular weight is 450 g/mol. The molecule has 0 spiro atoms. The second-order valence-corrected chi connectivity index (χ2v) is 8.20. The van der Waals surface area contributed by atoms with Crippen molar-refractivity contribution in [1.29, 1.82) is 0 Å². The zero-order valence-corrected chi connectivity index (χ0v) is 17.9. The summed E-state index contributed by atoms with van der Waals surface area (Å²) in [5, 5.41) is 5.82. The van der Waals surface area contributed by atoms with E-state index in [2.05, 4.69) is 25.3 Å². The SMILES string of the molecule is CC(=O)Nc1ccc(C(c2c[nH]c3ncc(Cl)cc23)c2c[nH]c3ncc(Cl)cc23)cc1. The maximum atomic E-state index is 11.4. The largest absolute Gasteiger partial charge is 0.346 e. The molecule has 0 aliphatic carbocycles. The van der Waals surface area contributed by atoms with Gasteiger partial charge < -0.3 is 15.3 Å². The number of amides is 1. The van der Waals surface area contributed by atoms with Crippen LogP contribution in [0.3, 0.4) is 0 Å². The van der Waals surface area contributed by atoms with E-state index < -0.39 is 0 Å². The lowest BCUT2D eigenvalue weighted by molar-refractivity contribution is -0.114. The summed E-state index contributed by atoms with van der Waals surface area (Å²) in [5.41, 5.74) is 5.35. The number of pyridine rings is 2. The first kappa shape index (κ1) is 19.6. The van der Waals surface area contributed by atoms with E-state index in [1.807, 2.05) is 48.8 Å². The van der Waals surface area contributed by atoms with Crippen molar-refractivity contribution in [3.8, 4) is 0 Å². The van der Waals surface area contributed by atoms with Gasteiger partial charge in [-0.3, -0.25) is 4.79 Å². The Morgan fingerprint density at radius 3 is 1.90 bits per heavy atom. The molecule has 4 aromatic heterocycles. The first-order chi connectivity index (χ1) is 15.0. The highest BCUT2D eigenvalue weighted by molar-refractivity contribution is 6.31. The van der Waals surface area contributed by atoms with Gasteiger partial charge in [0.25, 0.3) is 0 Å². The van der Waals surface area contributed by atoms with Crippen molar-refractivity contribution in [3.63, 3.8) is 0 Å². The van der Waals surface area contributed by atoms with Gasteiger partial charge >= 0.3 is 0 Å². The third kappa shape index (κ3) is 3.65. The standard InChI is InChI=1S/C23H17Cl2N5O/c1-12(31)30-16-4-2-13(3-5-16)21(19-10-28-22-17(19)6-14(24)8-26-22)20-11-29-23-18(20)7-15(25)9-27-23/h2-11,21H,1H3,(H,26,28)(H,27,29)(H,30,31). The highest BCUT2D eigenvalue weighted by atomic mass is 35.5. The molecule has 0 atom stereocenters. The smallest absolute Gasteiger partial charge is 0.221 e. The molecule has 8 heteroatoms. The Kier molecular flexibility index (Phi) is 4.88. The number of carbonyl (C=O) groups is 1. The lowest BCUT2D eigenvalue weighted by Gasteiger charge is -2.18. The predicted octanol–water partition coefficient (Wildman–Crippen LogP) is 5.88. The number of benzene rings is 1. The second kappa shape index (κ2) is 7.72. The molecule has 0 fully saturated rings. The predicted molar refractivity (Wildman–Crippen MR) is 124 cm³/mol. The quantitative estimate of drug-likeness (QED) is 0.319. The molecule has 5 rings (SSSR count). The number of hydrogen-bond donors (Lipinski definition) is 3. The molecule has 5 aromatic rings. The van der Waals surface area contributed by atoms with Crippen LogP contribution in [0.4, 0.5) is 5.69 Å². The zero-order valence-electron chi connectivity index (χ0n) is 16.4. The summed E-state index contributed by atoms with van der Waals surface area (Å²) in [5.74, 6) is -0.256. The fraction of sp³-hybridized carbons (Fsp3) is 0.0870. The topological polar surface area (TPSA) is 86.5 Å². The summed E-state index contributed by atoms with van der Waals surface area (Å²) in [6.07, 6.45) is 7.15. The van der Waals surface area contributed by atoms with E-state index in [1.165, 1.54) is 6.92 Å². The molecule has 0 saturated heterocycles. The van der Waals surface area contributed by atoms with Crippen LogP contribution in [0.15, 0.2) is 61.2 Å². The highest BCUT2D eigenvalue weighted by Gasteiger charge is 2.24. The monoisotopic (exact) mass is 449 g/mol. The van der Waals surface area contributed by atoms with Crippen LogP contribution in [0.1, 0.15) is 29.5 Å². The zero-order chi connectivity index (χ0) is 21.5. The molecule has 0 saturated carbocycles. The first-order valence-corrected chi connectivity index (χ1v) is 10.4. The van der Waals surface area contributed by atoms with Gasteiger partial charge in [-0.1, -0.05) is 35.3 Å². The van der Waals surface area contributed by atoms with Crippen molar-refractivity contribution in [1.82, 2.24) is 19.9 Å². The van der Waals surface area contributed by atoms with Crippen LogP contribution in [0.25, 0.3) is 22.1 Å². The summed E-state index contributed by atoms with van der Waals surface area (Å²) in [6.45, 7) is 1.49. The minimum Gasteiger partial charge on any atom is -0.346 e. The van der Waals surface area contributed by atoms with Gasteiger partial charge in [-0.15, -0.1) is 0 Å². The number of rotatable bonds is 4. The van der Waals surface area contributed by atoms with Crippen molar-refractivity contribution in [2.45, 2.75) is 12.8 Å². The van der Waals surface area contributed by atoms with Crippen LogP contribution < -0.4 is 5.32 Å². The van der Waals surface area contributed by atoms with Crippen molar-refractivity contribution in [2.24, 2.45) is 0 Å². The van der Waals surface area contributed by atoms with E-state index in [0.717, 1.165) is 44.4 Å². The van der Waals surface area contributed by atoms with Gasteiger partial charge in [-0.05, 0) is 41.0 Å². The van der Waals surface area contributed by atoms with Crippen molar-refractivity contribution < 1.29 is 4.79 Å². The van der Waals surface area contributed by atoms with Gasteiger partial charge in [0.05, 0.1) is 10.0 Å². The van der Waals surface area contributed by atoms with E-state index in [0.29, 0.717) is 10.0 Å². The van der Waals surface area contributed by atoms with E-state index in [1.54, 1.807) is 12.4 Å². The number of H-pyrrole nitrogens is 2. The van der Waals surface area contributed by atoms with Crippen LogP contribution in [-0.2, 0) is 4.79 Å². The second-order valence-electron chi connectivity index (χ2n) is 7.32. The number of carbonyl (C=O) groups excluding carboxylic acids is 1. The number of aromatic amines is 2. The maximum Gasteiger partial charge on any atom is 0.221 e. The number of anilines is 1. The molecular formula is C23H17Cl2N5O. The highest BCUT2D eigenvalue weighted by Crippen LogP contribution is 2.40. The fourth-order valence-electron chi connectivity index (χ4n) is 3.96. The molecular weight excluding hydrogens is 433 g/mol. The average Bonchev–Trinajstić information content (AvgIpc) is 3.34. The number of fused-ring (bicyclic) bond motifs is 2. The van der Waals surface area contributed by atoms with Gasteiger partial charge in [0.1, 0.15) is 11.3 Å². The maximum absolute atomic E-state index is 11.4. The Morgan fingerprint density at radius 1 is 0.903 bits per heavy atom. The molecule has 1 amide bonds. The molecule has 0 aliphatic heterocycles. The van der Waals surface area contributed by atoms with Crippen LogP contribution >= 0.6 is 23.2 Å². The Bertz CT molecular complexity index is 1340. The van der Waals surface area contributed by atoms with E-state index in [9.17, 15) is 4.79 Å². The van der Waals surface area contributed by atoms with Crippen molar-refractivity contribution in [2.75, 3.05) is 5.32 Å². The molecule has 0 unspecified atom stereocenters. The molecule has 0 radical (unpaired) electrons. The summed E-state index contributed by atoms with van der Waals surface area (Å²) in [4.78, 5) is 26.7. The van der Waals surface area contributed by atoms with Gasteiger partial charge in [0, 0.05) is 54.1 Å². The molecule has 1 aromatic carbocycles. The molecule has 3 N–H and O–H groups in total. The minimum absolute atomic E-state index is 0.112. The van der Waals surface area contributed by atoms with Gasteiger partial charge in [-0.2, -0.15) is 0 Å². The van der Waals surface area contributed by atoms with Crippen LogP contribution in [0, 0.1) is 0 Å². The minimum atomic E-state index is -0.144. The molecule has 6 nitrogen and oxygen atoms in total. The summed E-state index contributed by atoms with van der Waals surface area (Å²) < 4.78 is 0. The fourth-order valence-corrected chi connectivity index (χ4v) is 4.28. The molecule has 31 heavy (non-hydrogen) atoms. The first-order valence-electron chi connectivity index (χ1n) is 9.62. The Labute approximate surface area is 187 Å². The number of nitrogens with zero attached hydrogens (tertiary/aromatic N) is 2. The van der Waals surface area contributed by atoms with Crippen LogP contribution in [0.5, 0.6) is 0 Å². The number of nitrogens with one attached hydrogen (secondary N) is 3. The van der Waals surface area contributed by atoms with Crippen LogP contribution in [-0.4, -0.2) is 25.8 Å². The lowest BCUT2D eigenvalue weighted by atomic mass is 9.85. The summed E-state index contributed by atoms with van der Waals surface area (Å²) >= 11 is 12.5. The Hall–Kier alpha value is -3.35.